The zero-order valence-electron chi connectivity index (χ0n) is 12.6. The quantitative estimate of drug-likeness (QED) is 0.412. The predicted octanol–water partition coefficient (Wildman–Crippen LogP) is 0.898. The number of aromatic nitrogens is 2. The van der Waals surface area contributed by atoms with Crippen LogP contribution < -0.4 is 25.7 Å². The van der Waals surface area contributed by atoms with Crippen LogP contribution in [0.3, 0.4) is 0 Å². The Labute approximate surface area is 182 Å². The molecule has 1 aromatic heterocycles. The monoisotopic (exact) mass is 362 g/mol. The molecule has 0 saturated heterocycles. The summed E-state index contributed by atoms with van der Waals surface area (Å²) in [4.78, 5) is 8.03. The SMILES string of the molecule is COc1cc(Cc2c(N)nc(S)nc2N)cc(OC)c1OC.[KH]. The first kappa shape index (κ1) is 20.3. The first-order chi connectivity index (χ1) is 10.5. The van der Waals surface area contributed by atoms with Crippen LogP contribution in [0, 0.1) is 0 Å². The van der Waals surface area contributed by atoms with E-state index >= 15 is 0 Å². The summed E-state index contributed by atoms with van der Waals surface area (Å²) in [5, 5.41) is 0.239. The number of hydrogen-bond acceptors (Lipinski definition) is 8. The minimum atomic E-state index is 0. The summed E-state index contributed by atoms with van der Waals surface area (Å²) >= 11 is 4.05. The average Bonchev–Trinajstić information content (AvgIpc) is 2.49. The molecule has 0 bridgehead atoms. The summed E-state index contributed by atoms with van der Waals surface area (Å²) in [6, 6.07) is 3.66. The van der Waals surface area contributed by atoms with Crippen LogP contribution in [0.2, 0.25) is 0 Å². The van der Waals surface area contributed by atoms with Gasteiger partial charge in [-0.05, 0) is 17.7 Å². The van der Waals surface area contributed by atoms with Gasteiger partial charge in [0, 0.05) is 12.0 Å². The van der Waals surface area contributed by atoms with Gasteiger partial charge in [-0.1, -0.05) is 0 Å². The van der Waals surface area contributed by atoms with Gasteiger partial charge in [0.25, 0.3) is 0 Å². The molecular formula is C14H19KN4O3S. The van der Waals surface area contributed by atoms with Crippen molar-refractivity contribution >= 4 is 75.6 Å². The fourth-order valence-electron chi connectivity index (χ4n) is 2.13. The van der Waals surface area contributed by atoms with Gasteiger partial charge in [-0.15, -0.1) is 12.6 Å². The number of nitrogens with two attached hydrogens (primary N) is 2. The Morgan fingerprint density at radius 3 is 1.83 bits per heavy atom. The van der Waals surface area contributed by atoms with E-state index in [1.165, 1.54) is 0 Å². The number of ether oxygens (including phenoxy) is 3. The van der Waals surface area contributed by atoms with Crippen LogP contribution >= 0.6 is 12.6 Å². The summed E-state index contributed by atoms with van der Waals surface area (Å²) in [7, 11) is 4.67. The summed E-state index contributed by atoms with van der Waals surface area (Å²) in [6.45, 7) is 0. The maximum atomic E-state index is 5.90. The Morgan fingerprint density at radius 2 is 1.43 bits per heavy atom. The summed E-state index contributed by atoms with van der Waals surface area (Å²) in [5.41, 5.74) is 13.3. The molecule has 0 amide bonds. The summed E-state index contributed by atoms with van der Waals surface area (Å²) in [6.07, 6.45) is 0.433. The Balaban J connectivity index is 0.00000264. The van der Waals surface area contributed by atoms with Crippen molar-refractivity contribution in [3.8, 4) is 17.2 Å². The molecule has 0 saturated carbocycles. The molecule has 0 fully saturated rings. The van der Waals surface area contributed by atoms with Crippen molar-refractivity contribution in [2.24, 2.45) is 0 Å². The van der Waals surface area contributed by atoms with Crippen LogP contribution in [-0.2, 0) is 6.42 Å². The Morgan fingerprint density at radius 1 is 0.957 bits per heavy atom. The first-order valence-corrected chi connectivity index (χ1v) is 6.84. The van der Waals surface area contributed by atoms with E-state index in [0.717, 1.165) is 5.56 Å². The number of rotatable bonds is 5. The number of nitrogen functional groups attached to an aromatic ring is 2. The van der Waals surface area contributed by atoms with E-state index in [9.17, 15) is 0 Å². The second kappa shape index (κ2) is 8.95. The maximum absolute atomic E-state index is 5.90. The summed E-state index contributed by atoms with van der Waals surface area (Å²) in [5.74, 6) is 2.23. The van der Waals surface area contributed by atoms with Crippen molar-refractivity contribution in [2.75, 3.05) is 32.8 Å². The molecule has 0 aliphatic heterocycles. The third kappa shape index (κ3) is 4.65. The molecule has 1 aromatic carbocycles. The average molecular weight is 362 g/mol. The van der Waals surface area contributed by atoms with Crippen molar-refractivity contribution in [3.05, 3.63) is 23.3 Å². The fraction of sp³-hybridized carbons (Fsp3) is 0.286. The van der Waals surface area contributed by atoms with Gasteiger partial charge in [0.05, 0.1) is 21.3 Å². The van der Waals surface area contributed by atoms with Gasteiger partial charge in [-0.3, -0.25) is 0 Å². The second-order valence-electron chi connectivity index (χ2n) is 4.48. The third-order valence-corrected chi connectivity index (χ3v) is 3.36. The van der Waals surface area contributed by atoms with Crippen LogP contribution in [0.25, 0.3) is 0 Å². The minimum absolute atomic E-state index is 0. The van der Waals surface area contributed by atoms with E-state index < -0.39 is 0 Å². The molecule has 0 spiro atoms. The van der Waals surface area contributed by atoms with Gasteiger partial charge in [0.15, 0.2) is 16.7 Å². The van der Waals surface area contributed by atoms with Gasteiger partial charge in [-0.25, -0.2) is 9.97 Å². The van der Waals surface area contributed by atoms with E-state index in [-0.39, 0.29) is 56.5 Å². The number of anilines is 2. The molecule has 0 unspecified atom stereocenters. The van der Waals surface area contributed by atoms with Crippen LogP contribution in [-0.4, -0.2) is 82.7 Å². The van der Waals surface area contributed by atoms with E-state index in [0.29, 0.717) is 40.9 Å². The van der Waals surface area contributed by atoms with E-state index in [2.05, 4.69) is 22.6 Å². The molecule has 1 heterocycles. The number of hydrogen-bond donors (Lipinski definition) is 3. The Kier molecular flexibility index (Phi) is 7.91. The summed E-state index contributed by atoms with van der Waals surface area (Å²) < 4.78 is 15.9. The molecule has 0 aliphatic carbocycles. The van der Waals surface area contributed by atoms with Gasteiger partial charge in [0.1, 0.15) is 11.6 Å². The van der Waals surface area contributed by atoms with Crippen molar-refractivity contribution < 1.29 is 14.2 Å². The van der Waals surface area contributed by atoms with Crippen LogP contribution in [0.15, 0.2) is 17.3 Å². The van der Waals surface area contributed by atoms with Gasteiger partial charge in [0.2, 0.25) is 5.75 Å². The van der Waals surface area contributed by atoms with E-state index in [1.807, 2.05) is 12.1 Å². The van der Waals surface area contributed by atoms with Crippen molar-refractivity contribution in [2.45, 2.75) is 11.6 Å². The Hall–Kier alpha value is -0.714. The molecule has 2 rings (SSSR count). The zero-order chi connectivity index (χ0) is 16.3. The number of thiol groups is 1. The molecule has 0 radical (unpaired) electrons. The molecule has 23 heavy (non-hydrogen) atoms. The fourth-order valence-corrected chi connectivity index (χ4v) is 2.34. The van der Waals surface area contributed by atoms with Crippen LogP contribution in [0.5, 0.6) is 17.2 Å². The Bertz CT molecular complexity index is 652. The topological polar surface area (TPSA) is 106 Å². The molecule has 0 aliphatic rings. The molecule has 0 atom stereocenters. The molecule has 4 N–H and O–H groups in total. The second-order valence-corrected chi connectivity index (χ2v) is 4.88. The molecule has 2 aromatic rings. The first-order valence-electron chi connectivity index (χ1n) is 6.39. The molecule has 9 heteroatoms. The van der Waals surface area contributed by atoms with E-state index in [4.69, 9.17) is 25.7 Å². The standard InChI is InChI=1S/C14H18N4O3S.K.H/c1-19-9-5-7(6-10(20-2)11(9)21-3)4-8-12(15)17-14(22)18-13(8)16;;/h5-6H,4H2,1-3H3,(H5,15,16,17,18,22);;. The number of benzene rings is 1. The van der Waals surface area contributed by atoms with Gasteiger partial charge < -0.3 is 25.7 Å². The van der Waals surface area contributed by atoms with Crippen LogP contribution in [0.4, 0.5) is 11.6 Å². The van der Waals surface area contributed by atoms with Crippen molar-refractivity contribution in [3.63, 3.8) is 0 Å². The third-order valence-electron chi connectivity index (χ3n) is 3.16. The normalized spacial score (nSPS) is 9.91. The van der Waals surface area contributed by atoms with Gasteiger partial charge in [-0.2, -0.15) is 0 Å². The predicted molar refractivity (Wildman–Crippen MR) is 94.2 cm³/mol. The van der Waals surface area contributed by atoms with Crippen LogP contribution in [0.1, 0.15) is 11.1 Å². The van der Waals surface area contributed by atoms with Crippen molar-refractivity contribution in [1.29, 1.82) is 0 Å². The molecular weight excluding hydrogens is 343 g/mol. The van der Waals surface area contributed by atoms with Crippen molar-refractivity contribution in [1.82, 2.24) is 9.97 Å². The van der Waals surface area contributed by atoms with E-state index in [1.54, 1.807) is 21.3 Å². The number of methoxy groups -OCH3 is 3. The molecule has 120 valence electrons. The molecule has 7 nitrogen and oxygen atoms in total. The zero-order valence-corrected chi connectivity index (χ0v) is 13.5. The van der Waals surface area contributed by atoms with Gasteiger partial charge >= 0.3 is 51.4 Å². The number of nitrogens with zero attached hydrogens (tertiary/aromatic N) is 2.